The number of carboxylic acids is 3. The standard InChI is InChI=1S/C32H38N6O11.C2HF3O2/c1-19(33-26(39)14-16-28(42)43)29(44)35-23(13-15-27(40)41)32(47)37-17-5-8-25(37)31(46)36-24(18-20-6-3-2-4-7-20)30(45)34-21-9-11-22(12-10-21)38(48)49;3-2(4,5)1(6)7/h2-4,6-7,9-12,19,23-25H,5,8,13-18H2,1H3,(H,33,39)(H,34,45)(H,35,44)(H,36,46)(H,40,41)(H,42,43);(H,6,7)/t19-,23-,24-,25-;/m0./s1. The third-order valence-corrected chi connectivity index (χ3v) is 7.94. The number of benzene rings is 2. The van der Waals surface area contributed by atoms with Gasteiger partial charge in [0.2, 0.25) is 29.5 Å². The smallest absolute Gasteiger partial charge is 0.481 e. The molecule has 304 valence electrons. The van der Waals surface area contributed by atoms with Crippen molar-refractivity contribution < 1.29 is 71.8 Å². The predicted octanol–water partition coefficient (Wildman–Crippen LogP) is 1.60. The molecule has 0 aromatic heterocycles. The SMILES string of the molecule is C[C@H](NC(=O)CCC(=O)O)C(=O)N[C@@H](CCC(=O)O)C(=O)N1CCC[C@H]1C(=O)N[C@@H](Cc1ccccc1)C(=O)Nc1ccc([N+](=O)[O-])cc1.O=C(O)C(F)(F)F. The number of nitrogens with one attached hydrogen (secondary N) is 4. The summed E-state index contributed by atoms with van der Waals surface area (Å²) >= 11 is 0. The third-order valence-electron chi connectivity index (χ3n) is 7.94. The molecular formula is C34H39F3N6O13. The second kappa shape index (κ2) is 21.3. The minimum absolute atomic E-state index is 0.0689. The van der Waals surface area contributed by atoms with Crippen LogP contribution in [0.4, 0.5) is 24.5 Å². The summed E-state index contributed by atoms with van der Waals surface area (Å²) in [6.45, 7) is 1.42. The molecule has 4 atom stereocenters. The van der Waals surface area contributed by atoms with E-state index in [2.05, 4.69) is 21.3 Å². The molecular weight excluding hydrogens is 757 g/mol. The Morgan fingerprint density at radius 1 is 0.839 bits per heavy atom. The topological polar surface area (TPSA) is 292 Å². The van der Waals surface area contributed by atoms with E-state index in [0.717, 1.165) is 0 Å². The molecule has 0 aliphatic carbocycles. The Labute approximate surface area is 315 Å². The van der Waals surface area contributed by atoms with E-state index >= 15 is 0 Å². The van der Waals surface area contributed by atoms with E-state index in [1.165, 1.54) is 36.1 Å². The molecule has 0 radical (unpaired) electrons. The average Bonchev–Trinajstić information content (AvgIpc) is 3.62. The molecule has 19 nitrogen and oxygen atoms in total. The van der Waals surface area contributed by atoms with Gasteiger partial charge in [-0.2, -0.15) is 13.2 Å². The van der Waals surface area contributed by atoms with Gasteiger partial charge in [0.1, 0.15) is 24.2 Å². The first-order valence-electron chi connectivity index (χ1n) is 16.7. The number of nitrogens with zero attached hydrogens (tertiary/aromatic N) is 2. The number of aliphatic carboxylic acids is 3. The van der Waals surface area contributed by atoms with E-state index < -0.39 is 95.6 Å². The summed E-state index contributed by atoms with van der Waals surface area (Å²) in [4.78, 5) is 108. The molecule has 56 heavy (non-hydrogen) atoms. The molecule has 3 rings (SSSR count). The van der Waals surface area contributed by atoms with Gasteiger partial charge in [-0.05, 0) is 43.9 Å². The zero-order valence-electron chi connectivity index (χ0n) is 29.6. The number of hydrogen-bond donors (Lipinski definition) is 7. The van der Waals surface area contributed by atoms with Crippen molar-refractivity contribution in [1.82, 2.24) is 20.9 Å². The number of alkyl halides is 3. The Morgan fingerprint density at radius 2 is 1.43 bits per heavy atom. The highest BCUT2D eigenvalue weighted by molar-refractivity contribution is 5.99. The molecule has 1 aliphatic rings. The molecule has 0 spiro atoms. The Balaban J connectivity index is 0.00000141. The Kier molecular flexibility index (Phi) is 17.3. The summed E-state index contributed by atoms with van der Waals surface area (Å²) < 4.78 is 31.7. The highest BCUT2D eigenvalue weighted by Gasteiger charge is 2.40. The van der Waals surface area contributed by atoms with Crippen LogP contribution >= 0.6 is 0 Å². The van der Waals surface area contributed by atoms with Crippen LogP contribution in [-0.4, -0.2) is 109 Å². The third kappa shape index (κ3) is 15.4. The zero-order valence-corrected chi connectivity index (χ0v) is 29.6. The van der Waals surface area contributed by atoms with E-state index in [0.29, 0.717) is 12.0 Å². The molecule has 22 heteroatoms. The first-order valence-corrected chi connectivity index (χ1v) is 16.7. The minimum atomic E-state index is -5.08. The number of rotatable bonds is 17. The Bertz CT molecular complexity index is 1760. The molecule has 1 aliphatic heterocycles. The van der Waals surface area contributed by atoms with Crippen LogP contribution in [-0.2, 0) is 44.8 Å². The van der Waals surface area contributed by atoms with Crippen LogP contribution in [0.3, 0.4) is 0 Å². The lowest BCUT2D eigenvalue weighted by Gasteiger charge is -2.30. The Morgan fingerprint density at radius 3 is 1.96 bits per heavy atom. The first kappa shape index (κ1) is 45.5. The minimum Gasteiger partial charge on any atom is -0.481 e. The lowest BCUT2D eigenvalue weighted by Crippen LogP contribution is -2.57. The summed E-state index contributed by atoms with van der Waals surface area (Å²) in [5, 5.41) is 46.3. The molecule has 1 heterocycles. The highest BCUT2D eigenvalue weighted by Crippen LogP contribution is 2.21. The molecule has 1 fully saturated rings. The van der Waals surface area contributed by atoms with E-state index in [-0.39, 0.29) is 43.6 Å². The molecule has 0 unspecified atom stereocenters. The lowest BCUT2D eigenvalue weighted by atomic mass is 10.0. The normalized spacial score (nSPS) is 15.1. The lowest BCUT2D eigenvalue weighted by molar-refractivity contribution is -0.384. The molecule has 0 bridgehead atoms. The molecule has 2 aromatic carbocycles. The fourth-order valence-corrected chi connectivity index (χ4v) is 5.15. The zero-order chi connectivity index (χ0) is 42.2. The summed E-state index contributed by atoms with van der Waals surface area (Å²) in [7, 11) is 0. The van der Waals surface area contributed by atoms with Crippen molar-refractivity contribution in [2.75, 3.05) is 11.9 Å². The fraction of sp³-hybridized carbons (Fsp3) is 0.412. The number of carbonyl (C=O) groups is 8. The second-order valence-electron chi connectivity index (χ2n) is 12.2. The maximum atomic E-state index is 13.7. The number of nitro benzene ring substituents is 1. The molecule has 5 amide bonds. The number of amides is 5. The van der Waals surface area contributed by atoms with Crippen LogP contribution in [0.25, 0.3) is 0 Å². The van der Waals surface area contributed by atoms with Crippen LogP contribution in [0, 0.1) is 10.1 Å². The van der Waals surface area contributed by atoms with Crippen molar-refractivity contribution in [2.45, 2.75) is 82.2 Å². The number of carboxylic acid groups (broad SMARTS) is 3. The van der Waals surface area contributed by atoms with Gasteiger partial charge in [0.25, 0.3) is 5.69 Å². The van der Waals surface area contributed by atoms with Crippen molar-refractivity contribution in [3.63, 3.8) is 0 Å². The quantitative estimate of drug-likeness (QED) is 0.0886. The summed E-state index contributed by atoms with van der Waals surface area (Å²) in [6, 6.07) is 9.20. The molecule has 0 saturated carbocycles. The van der Waals surface area contributed by atoms with Gasteiger partial charge in [-0.25, -0.2) is 4.79 Å². The van der Waals surface area contributed by atoms with E-state index in [1.807, 2.05) is 0 Å². The average molecular weight is 797 g/mol. The molecule has 2 aromatic rings. The number of carbonyl (C=O) groups excluding carboxylic acids is 5. The van der Waals surface area contributed by atoms with Crippen molar-refractivity contribution in [3.8, 4) is 0 Å². The van der Waals surface area contributed by atoms with Crippen LogP contribution in [0.1, 0.15) is 51.0 Å². The Hall–Kier alpha value is -6.61. The van der Waals surface area contributed by atoms with Crippen molar-refractivity contribution in [3.05, 3.63) is 70.3 Å². The van der Waals surface area contributed by atoms with Crippen molar-refractivity contribution in [1.29, 1.82) is 0 Å². The maximum absolute atomic E-state index is 13.7. The van der Waals surface area contributed by atoms with Gasteiger partial charge in [-0.3, -0.25) is 43.7 Å². The van der Waals surface area contributed by atoms with Crippen molar-refractivity contribution >= 4 is 58.8 Å². The number of anilines is 1. The van der Waals surface area contributed by atoms with Gasteiger partial charge < -0.3 is 41.5 Å². The van der Waals surface area contributed by atoms with Crippen LogP contribution in [0.2, 0.25) is 0 Å². The second-order valence-corrected chi connectivity index (χ2v) is 12.2. The van der Waals surface area contributed by atoms with Crippen LogP contribution in [0.5, 0.6) is 0 Å². The largest absolute Gasteiger partial charge is 0.490 e. The monoisotopic (exact) mass is 796 g/mol. The van der Waals surface area contributed by atoms with E-state index in [9.17, 15) is 62.0 Å². The van der Waals surface area contributed by atoms with Gasteiger partial charge in [0, 0.05) is 43.6 Å². The summed E-state index contributed by atoms with van der Waals surface area (Å²) in [5.74, 6) is -8.73. The van der Waals surface area contributed by atoms with Gasteiger partial charge in [-0.15, -0.1) is 0 Å². The fourth-order valence-electron chi connectivity index (χ4n) is 5.15. The number of likely N-dealkylation sites (tertiary alicyclic amines) is 1. The number of nitro groups is 1. The molecule has 1 saturated heterocycles. The molecule has 7 N–H and O–H groups in total. The van der Waals surface area contributed by atoms with Crippen LogP contribution < -0.4 is 21.3 Å². The van der Waals surface area contributed by atoms with E-state index in [4.69, 9.17) is 15.0 Å². The van der Waals surface area contributed by atoms with Gasteiger partial charge >= 0.3 is 24.1 Å². The van der Waals surface area contributed by atoms with E-state index in [1.54, 1.807) is 30.3 Å². The number of halogens is 3. The van der Waals surface area contributed by atoms with Gasteiger partial charge in [-0.1, -0.05) is 30.3 Å². The summed E-state index contributed by atoms with van der Waals surface area (Å²) in [6.07, 6.45) is -6.05. The van der Waals surface area contributed by atoms with Gasteiger partial charge in [0.15, 0.2) is 0 Å². The van der Waals surface area contributed by atoms with Crippen molar-refractivity contribution in [2.24, 2.45) is 0 Å². The highest BCUT2D eigenvalue weighted by atomic mass is 19.4. The predicted molar refractivity (Wildman–Crippen MR) is 186 cm³/mol. The van der Waals surface area contributed by atoms with Gasteiger partial charge in [0.05, 0.1) is 11.3 Å². The first-order chi connectivity index (χ1) is 26.2. The number of hydrogen-bond acceptors (Lipinski definition) is 10. The maximum Gasteiger partial charge on any atom is 0.490 e. The number of non-ortho nitro benzene ring substituents is 1. The summed E-state index contributed by atoms with van der Waals surface area (Å²) in [5.41, 5.74) is 0.794. The van der Waals surface area contributed by atoms with Crippen LogP contribution in [0.15, 0.2) is 54.6 Å².